The van der Waals surface area contributed by atoms with Gasteiger partial charge in [-0.05, 0) is 23.6 Å². The van der Waals surface area contributed by atoms with Crippen LogP contribution >= 0.6 is 11.3 Å². The second kappa shape index (κ2) is 8.13. The molecular weight excluding hydrogens is 390 g/mol. The molecule has 8 nitrogen and oxygen atoms in total. The third-order valence-electron chi connectivity index (χ3n) is 3.37. The molecule has 0 spiro atoms. The molecule has 0 fully saturated rings. The van der Waals surface area contributed by atoms with E-state index in [4.69, 9.17) is 14.4 Å². The first-order chi connectivity index (χ1) is 13.0. The molecule has 138 valence electrons. The standard InChI is InChI=1S/C17H13N3O5S2/c18-8-12-4-1-2-6-15(12)27(22,23)19-9-16(21)24-10-13-11-25-17(20-13)14-5-3-7-26-14/h1-7,11,19H,9-10H2. The number of esters is 1. The molecule has 0 atom stereocenters. The zero-order valence-electron chi connectivity index (χ0n) is 13.8. The van der Waals surface area contributed by atoms with E-state index in [9.17, 15) is 13.2 Å². The summed E-state index contributed by atoms with van der Waals surface area (Å²) in [6.07, 6.45) is 1.37. The predicted molar refractivity (Wildman–Crippen MR) is 96.0 cm³/mol. The average molecular weight is 403 g/mol. The largest absolute Gasteiger partial charge is 0.458 e. The fourth-order valence-corrected chi connectivity index (χ4v) is 3.90. The van der Waals surface area contributed by atoms with Crippen molar-refractivity contribution in [2.45, 2.75) is 11.5 Å². The number of benzene rings is 1. The van der Waals surface area contributed by atoms with Crippen LogP contribution in [-0.4, -0.2) is 25.9 Å². The minimum atomic E-state index is -4.01. The van der Waals surface area contributed by atoms with E-state index in [1.165, 1.54) is 35.8 Å². The summed E-state index contributed by atoms with van der Waals surface area (Å²) < 4.78 is 36.9. The number of ether oxygens (including phenoxy) is 1. The zero-order chi connectivity index (χ0) is 19.3. The highest BCUT2D eigenvalue weighted by Gasteiger charge is 2.19. The van der Waals surface area contributed by atoms with Crippen molar-refractivity contribution in [2.75, 3.05) is 6.54 Å². The van der Waals surface area contributed by atoms with Crippen LogP contribution in [0.1, 0.15) is 11.3 Å². The van der Waals surface area contributed by atoms with E-state index in [0.717, 1.165) is 4.88 Å². The molecule has 0 unspecified atom stereocenters. The van der Waals surface area contributed by atoms with Crippen LogP contribution in [0.2, 0.25) is 0 Å². The Bertz CT molecular complexity index is 1080. The molecule has 27 heavy (non-hydrogen) atoms. The second-order valence-corrected chi connectivity index (χ2v) is 7.90. The number of hydrogen-bond acceptors (Lipinski definition) is 8. The van der Waals surface area contributed by atoms with Crippen molar-refractivity contribution in [1.29, 1.82) is 5.26 Å². The first-order valence-electron chi connectivity index (χ1n) is 7.62. The number of carbonyl (C=O) groups is 1. The number of hydrogen-bond donors (Lipinski definition) is 1. The SMILES string of the molecule is N#Cc1ccccc1S(=O)(=O)NCC(=O)OCc1coc(-c2cccs2)n1. The van der Waals surface area contributed by atoms with Crippen LogP contribution < -0.4 is 4.72 Å². The van der Waals surface area contributed by atoms with E-state index in [1.54, 1.807) is 12.1 Å². The van der Waals surface area contributed by atoms with Crippen LogP contribution in [0.25, 0.3) is 10.8 Å². The van der Waals surface area contributed by atoms with Gasteiger partial charge in [0.2, 0.25) is 15.9 Å². The Morgan fingerprint density at radius 2 is 2.11 bits per heavy atom. The normalized spacial score (nSPS) is 11.1. The molecule has 0 amide bonds. The minimum absolute atomic E-state index is 0.0120. The lowest BCUT2D eigenvalue weighted by molar-refractivity contribution is -0.143. The molecule has 3 aromatic rings. The molecule has 3 rings (SSSR count). The van der Waals surface area contributed by atoms with Gasteiger partial charge in [0.1, 0.15) is 31.2 Å². The van der Waals surface area contributed by atoms with Crippen LogP contribution in [0, 0.1) is 11.3 Å². The molecule has 0 aliphatic carbocycles. The first-order valence-corrected chi connectivity index (χ1v) is 9.98. The van der Waals surface area contributed by atoms with Crippen molar-refractivity contribution < 1.29 is 22.4 Å². The van der Waals surface area contributed by atoms with Gasteiger partial charge >= 0.3 is 5.97 Å². The molecular formula is C17H13N3O5S2. The van der Waals surface area contributed by atoms with E-state index in [1.807, 2.05) is 17.5 Å². The van der Waals surface area contributed by atoms with E-state index < -0.39 is 22.5 Å². The van der Waals surface area contributed by atoms with Gasteiger partial charge in [-0.1, -0.05) is 18.2 Å². The van der Waals surface area contributed by atoms with Crippen molar-refractivity contribution in [3.8, 4) is 16.8 Å². The number of nitriles is 1. The second-order valence-electron chi connectivity index (χ2n) is 5.21. The zero-order valence-corrected chi connectivity index (χ0v) is 15.4. The predicted octanol–water partition coefficient (Wildman–Crippen LogP) is 2.30. The number of aromatic nitrogens is 1. The van der Waals surface area contributed by atoms with Gasteiger partial charge in [-0.2, -0.15) is 9.98 Å². The summed E-state index contributed by atoms with van der Waals surface area (Å²) in [5, 5.41) is 10.9. The van der Waals surface area contributed by atoms with Gasteiger partial charge in [-0.3, -0.25) is 4.79 Å². The number of carbonyl (C=O) groups excluding carboxylic acids is 1. The molecule has 0 saturated carbocycles. The van der Waals surface area contributed by atoms with Crippen molar-refractivity contribution in [3.63, 3.8) is 0 Å². The molecule has 0 bridgehead atoms. The Labute approximate surface area is 159 Å². The van der Waals surface area contributed by atoms with Crippen LogP contribution in [-0.2, 0) is 26.2 Å². The van der Waals surface area contributed by atoms with Crippen molar-refractivity contribution in [2.24, 2.45) is 0 Å². The van der Waals surface area contributed by atoms with Gasteiger partial charge < -0.3 is 9.15 Å². The Morgan fingerprint density at radius 1 is 1.30 bits per heavy atom. The molecule has 2 aromatic heterocycles. The van der Waals surface area contributed by atoms with Crippen molar-refractivity contribution >= 4 is 27.3 Å². The van der Waals surface area contributed by atoms with Gasteiger partial charge in [0, 0.05) is 0 Å². The van der Waals surface area contributed by atoms with E-state index in [0.29, 0.717) is 11.6 Å². The molecule has 0 saturated heterocycles. The van der Waals surface area contributed by atoms with Gasteiger partial charge in [0.15, 0.2) is 0 Å². The smallest absolute Gasteiger partial charge is 0.321 e. The monoisotopic (exact) mass is 403 g/mol. The number of thiophene rings is 1. The molecule has 0 radical (unpaired) electrons. The van der Waals surface area contributed by atoms with Gasteiger partial charge in [-0.25, -0.2) is 13.4 Å². The van der Waals surface area contributed by atoms with Crippen molar-refractivity contribution in [3.05, 3.63) is 59.3 Å². The summed E-state index contributed by atoms with van der Waals surface area (Å²) in [5.74, 6) is -0.362. The number of rotatable bonds is 7. The van der Waals surface area contributed by atoms with Gasteiger partial charge in [0.05, 0.1) is 15.3 Å². The van der Waals surface area contributed by atoms with Crippen LogP contribution in [0.4, 0.5) is 0 Å². The summed E-state index contributed by atoms with van der Waals surface area (Å²) in [4.78, 5) is 16.7. The Hall–Kier alpha value is -3.00. The lowest BCUT2D eigenvalue weighted by Gasteiger charge is -2.07. The lowest BCUT2D eigenvalue weighted by atomic mass is 10.2. The van der Waals surface area contributed by atoms with Crippen LogP contribution in [0.5, 0.6) is 0 Å². The Balaban J connectivity index is 1.55. The van der Waals surface area contributed by atoms with E-state index in [-0.39, 0.29) is 17.1 Å². The van der Waals surface area contributed by atoms with E-state index in [2.05, 4.69) is 9.71 Å². The Morgan fingerprint density at radius 3 is 2.85 bits per heavy atom. The summed E-state index contributed by atoms with van der Waals surface area (Å²) in [6, 6.07) is 11.2. The van der Waals surface area contributed by atoms with Crippen LogP contribution in [0.15, 0.2) is 57.4 Å². The number of oxazole rings is 1. The quantitative estimate of drug-likeness (QED) is 0.601. The highest BCUT2D eigenvalue weighted by Crippen LogP contribution is 2.23. The average Bonchev–Trinajstić information content (AvgIpc) is 3.36. The summed E-state index contributed by atoms with van der Waals surface area (Å²) in [7, 11) is -4.01. The lowest BCUT2D eigenvalue weighted by Crippen LogP contribution is -2.31. The Kier molecular flexibility index (Phi) is 5.66. The fourth-order valence-electron chi connectivity index (χ4n) is 2.12. The number of nitrogens with zero attached hydrogens (tertiary/aromatic N) is 2. The van der Waals surface area contributed by atoms with Gasteiger partial charge in [-0.15, -0.1) is 11.3 Å². The highest BCUT2D eigenvalue weighted by molar-refractivity contribution is 7.89. The molecule has 0 aliphatic rings. The third-order valence-corrected chi connectivity index (χ3v) is 5.69. The molecule has 0 aliphatic heterocycles. The molecule has 1 N–H and O–H groups in total. The molecule has 10 heteroatoms. The van der Waals surface area contributed by atoms with Crippen LogP contribution in [0.3, 0.4) is 0 Å². The molecule has 2 heterocycles. The maximum atomic E-state index is 12.2. The van der Waals surface area contributed by atoms with E-state index >= 15 is 0 Å². The summed E-state index contributed by atoms with van der Waals surface area (Å²) in [5.41, 5.74) is 0.395. The number of sulfonamides is 1. The summed E-state index contributed by atoms with van der Waals surface area (Å²) in [6.45, 7) is -0.720. The third kappa shape index (κ3) is 4.59. The number of nitrogens with one attached hydrogen (secondary N) is 1. The van der Waals surface area contributed by atoms with Gasteiger partial charge in [0.25, 0.3) is 0 Å². The van der Waals surface area contributed by atoms with Crippen molar-refractivity contribution in [1.82, 2.24) is 9.71 Å². The highest BCUT2D eigenvalue weighted by atomic mass is 32.2. The first kappa shape index (κ1) is 18.8. The summed E-state index contributed by atoms with van der Waals surface area (Å²) >= 11 is 1.46. The molecule has 1 aromatic carbocycles. The maximum Gasteiger partial charge on any atom is 0.321 e. The maximum absolute atomic E-state index is 12.2. The topological polar surface area (TPSA) is 122 Å². The fraction of sp³-hybridized carbons (Fsp3) is 0.118. The minimum Gasteiger partial charge on any atom is -0.458 e.